The van der Waals surface area contributed by atoms with Crippen LogP contribution >= 0.6 is 0 Å². The lowest BCUT2D eigenvalue weighted by Gasteiger charge is -2.29. The molecule has 1 rings (SSSR count). The van der Waals surface area contributed by atoms with Gasteiger partial charge < -0.3 is 41.5 Å². The molecule has 8 atom stereocenters. The van der Waals surface area contributed by atoms with Crippen LogP contribution in [0.15, 0.2) is 0 Å². The average molecular weight is 698 g/mol. The Morgan fingerprint density at radius 2 is 1.18 bits per heavy atom. The Morgan fingerprint density at radius 1 is 0.673 bits per heavy atom. The Labute approximate surface area is 292 Å². The van der Waals surface area contributed by atoms with Crippen LogP contribution in [0.1, 0.15) is 120 Å². The van der Waals surface area contributed by atoms with E-state index in [0.717, 1.165) is 25.7 Å². The molecule has 49 heavy (non-hydrogen) atoms. The summed E-state index contributed by atoms with van der Waals surface area (Å²) in [5.41, 5.74) is 0. The molecule has 0 spiro atoms. The van der Waals surface area contributed by atoms with Crippen LogP contribution in [0.3, 0.4) is 0 Å². The minimum Gasteiger partial charge on any atom is -0.460 e. The normalized spacial score (nSPS) is 26.7. The third-order valence-electron chi connectivity index (χ3n) is 8.67. The Morgan fingerprint density at radius 3 is 1.71 bits per heavy atom. The van der Waals surface area contributed by atoms with Crippen LogP contribution in [0.2, 0.25) is 0 Å². The number of carbonyl (C=O) groups excluding carboxylic acids is 6. The van der Waals surface area contributed by atoms with Crippen LogP contribution in [0, 0.1) is 17.8 Å². The number of ether oxygens (including phenoxy) is 1. The number of hydrogen-bond acceptors (Lipinski definition) is 9. The molecule has 5 amide bonds. The van der Waals surface area contributed by atoms with Crippen LogP contribution in [-0.2, 0) is 33.5 Å². The second-order valence-electron chi connectivity index (χ2n) is 14.2. The van der Waals surface area contributed by atoms with Crippen LogP contribution in [-0.4, -0.2) is 94.7 Å². The molecule has 1 fully saturated rings. The van der Waals surface area contributed by atoms with Crippen molar-refractivity contribution in [3.63, 3.8) is 0 Å². The number of unbranched alkanes of at least 4 members (excludes halogenated alkanes) is 4. The first-order valence-electron chi connectivity index (χ1n) is 18.0. The summed E-state index contributed by atoms with van der Waals surface area (Å²) in [5, 5.41) is 33.3. The van der Waals surface area contributed by atoms with E-state index in [2.05, 4.69) is 33.5 Å². The van der Waals surface area contributed by atoms with Gasteiger partial charge >= 0.3 is 5.97 Å². The largest absolute Gasteiger partial charge is 0.460 e. The molecule has 8 unspecified atom stereocenters. The summed E-state index contributed by atoms with van der Waals surface area (Å²) in [4.78, 5) is 80.8. The Balaban J connectivity index is 3.64. The maximum atomic E-state index is 13.7. The van der Waals surface area contributed by atoms with Gasteiger partial charge in [0.15, 0.2) is 0 Å². The molecule has 0 radical (unpaired) electrons. The van der Waals surface area contributed by atoms with E-state index in [1.807, 2.05) is 34.6 Å². The van der Waals surface area contributed by atoms with Crippen molar-refractivity contribution in [2.24, 2.45) is 17.8 Å². The quantitative estimate of drug-likeness (QED) is 0.104. The predicted octanol–water partition coefficient (Wildman–Crippen LogP) is 1.60. The van der Waals surface area contributed by atoms with Crippen molar-refractivity contribution >= 4 is 35.5 Å². The van der Waals surface area contributed by atoms with Gasteiger partial charge in [-0.1, -0.05) is 80.6 Å². The number of carbonyl (C=O) groups is 6. The number of rotatable bonds is 14. The molecule has 7 N–H and O–H groups in total. The summed E-state index contributed by atoms with van der Waals surface area (Å²) in [5.74, 6) is -4.94. The first kappa shape index (κ1) is 43.8. The van der Waals surface area contributed by atoms with E-state index in [-0.39, 0.29) is 37.0 Å². The van der Waals surface area contributed by atoms with Crippen LogP contribution in [0.4, 0.5) is 0 Å². The number of hydrogen-bond donors (Lipinski definition) is 7. The molecule has 14 nitrogen and oxygen atoms in total. The van der Waals surface area contributed by atoms with Gasteiger partial charge in [-0.25, -0.2) is 4.79 Å². The van der Waals surface area contributed by atoms with E-state index in [4.69, 9.17) is 4.74 Å². The summed E-state index contributed by atoms with van der Waals surface area (Å²) in [7, 11) is 0. The van der Waals surface area contributed by atoms with Gasteiger partial charge in [-0.05, 0) is 50.4 Å². The maximum Gasteiger partial charge on any atom is 0.329 e. The minimum absolute atomic E-state index is 0.0479. The zero-order chi connectivity index (χ0) is 37.3. The minimum atomic E-state index is -1.55. The van der Waals surface area contributed by atoms with Crippen molar-refractivity contribution in [3.8, 4) is 0 Å². The fourth-order valence-electron chi connectivity index (χ4n) is 5.59. The third-order valence-corrected chi connectivity index (χ3v) is 8.67. The molecule has 0 aliphatic carbocycles. The summed E-state index contributed by atoms with van der Waals surface area (Å²) >= 11 is 0. The molecule has 0 bridgehead atoms. The monoisotopic (exact) mass is 697 g/mol. The summed E-state index contributed by atoms with van der Waals surface area (Å²) in [6.07, 6.45) is 3.46. The smallest absolute Gasteiger partial charge is 0.329 e. The maximum absolute atomic E-state index is 13.7. The molecular weight excluding hydrogens is 634 g/mol. The fourth-order valence-corrected chi connectivity index (χ4v) is 5.59. The number of cyclic esters (lactones) is 1. The van der Waals surface area contributed by atoms with Gasteiger partial charge in [-0.15, -0.1) is 0 Å². The Hall–Kier alpha value is -3.26. The van der Waals surface area contributed by atoms with Crippen LogP contribution in [0.25, 0.3) is 0 Å². The molecule has 0 aromatic heterocycles. The fraction of sp³-hybridized carbons (Fsp3) is 0.829. The highest BCUT2D eigenvalue weighted by Gasteiger charge is 2.37. The zero-order valence-electron chi connectivity index (χ0n) is 30.8. The van der Waals surface area contributed by atoms with Crippen LogP contribution < -0.4 is 26.6 Å². The molecule has 0 aromatic carbocycles. The average Bonchev–Trinajstić information content (AvgIpc) is 3.02. The van der Waals surface area contributed by atoms with Gasteiger partial charge in [0.2, 0.25) is 29.5 Å². The van der Waals surface area contributed by atoms with E-state index in [1.165, 1.54) is 6.92 Å². The molecule has 1 heterocycles. The van der Waals surface area contributed by atoms with Gasteiger partial charge in [-0.3, -0.25) is 24.0 Å². The lowest BCUT2D eigenvalue weighted by atomic mass is 9.97. The van der Waals surface area contributed by atoms with E-state index >= 15 is 0 Å². The molecule has 1 aliphatic heterocycles. The second-order valence-corrected chi connectivity index (χ2v) is 14.2. The highest BCUT2D eigenvalue weighted by molar-refractivity contribution is 5.96. The van der Waals surface area contributed by atoms with E-state index in [0.29, 0.717) is 19.3 Å². The molecule has 0 saturated carbocycles. The van der Waals surface area contributed by atoms with Gasteiger partial charge in [0, 0.05) is 0 Å². The highest BCUT2D eigenvalue weighted by atomic mass is 16.5. The Bertz CT molecular complexity index is 1080. The zero-order valence-corrected chi connectivity index (χ0v) is 30.8. The van der Waals surface area contributed by atoms with Crippen molar-refractivity contribution in [2.75, 3.05) is 6.61 Å². The summed E-state index contributed by atoms with van der Waals surface area (Å²) < 4.78 is 5.93. The van der Waals surface area contributed by atoms with Gasteiger partial charge in [0.1, 0.15) is 36.3 Å². The number of amides is 5. The summed E-state index contributed by atoms with van der Waals surface area (Å²) in [6.45, 7) is 13.6. The standard InChI is InChI=1S/C35H63N5O9/c1-9-11-12-13-14-15-24-18-28(43)36-25(16-20(3)4)31(44)38-27(19-41)33(46)40-30(23(8)42)34(47)37-26(17-21(5)6)32(45)39-29(22(7)10-2)35(48)49-24/h20-27,29-30,41-42H,9-19H2,1-8H3,(H,36,43)(H,37,47)(H,38,44)(H,39,45)(H,40,46). The Kier molecular flexibility index (Phi) is 20.1. The van der Waals surface area contributed by atoms with Gasteiger partial charge in [-0.2, -0.15) is 0 Å². The lowest BCUT2D eigenvalue weighted by molar-refractivity contribution is -0.156. The molecule has 1 saturated heterocycles. The highest BCUT2D eigenvalue weighted by Crippen LogP contribution is 2.18. The van der Waals surface area contributed by atoms with E-state index < -0.39 is 84.5 Å². The van der Waals surface area contributed by atoms with Crippen molar-refractivity contribution < 1.29 is 43.7 Å². The van der Waals surface area contributed by atoms with Crippen molar-refractivity contribution in [1.82, 2.24) is 26.6 Å². The lowest BCUT2D eigenvalue weighted by Crippen LogP contribution is -2.62. The molecule has 1 aliphatic rings. The van der Waals surface area contributed by atoms with Crippen LogP contribution in [0.5, 0.6) is 0 Å². The topological polar surface area (TPSA) is 212 Å². The first-order valence-corrected chi connectivity index (χ1v) is 18.0. The van der Waals surface area contributed by atoms with Crippen molar-refractivity contribution in [1.29, 1.82) is 0 Å². The molecule has 14 heteroatoms. The van der Waals surface area contributed by atoms with Crippen molar-refractivity contribution in [3.05, 3.63) is 0 Å². The molecular formula is C35H63N5O9. The SMILES string of the molecule is CCCCCCCC1CC(=O)NC(CC(C)C)C(=O)NC(CO)C(=O)NC(C(C)O)C(=O)NC(CC(C)C)C(=O)NC(C(C)CC)C(=O)O1. The molecule has 0 aromatic rings. The summed E-state index contributed by atoms with van der Waals surface area (Å²) in [6, 6.07) is -6.39. The van der Waals surface area contributed by atoms with E-state index in [9.17, 15) is 39.0 Å². The van der Waals surface area contributed by atoms with Crippen molar-refractivity contribution in [2.45, 2.75) is 162 Å². The third kappa shape index (κ3) is 15.9. The second kappa shape index (κ2) is 22.5. The number of esters is 1. The van der Waals surface area contributed by atoms with E-state index in [1.54, 1.807) is 6.92 Å². The number of aliphatic hydroxyl groups is 2. The first-order chi connectivity index (χ1) is 23.0. The predicted molar refractivity (Wildman–Crippen MR) is 185 cm³/mol. The van der Waals surface area contributed by atoms with Gasteiger partial charge in [0.05, 0.1) is 19.1 Å². The number of aliphatic hydroxyl groups excluding tert-OH is 2. The number of nitrogens with one attached hydrogen (secondary N) is 5. The van der Waals surface area contributed by atoms with Gasteiger partial charge in [0.25, 0.3) is 0 Å². The molecule has 282 valence electrons.